The molecule has 6 nitrogen and oxygen atoms in total. The van der Waals surface area contributed by atoms with Gasteiger partial charge in [-0.15, -0.1) is 17.7 Å². The van der Waals surface area contributed by atoms with Gasteiger partial charge in [0.2, 0.25) is 0 Å². The van der Waals surface area contributed by atoms with E-state index in [0.29, 0.717) is 17.7 Å². The summed E-state index contributed by atoms with van der Waals surface area (Å²) in [6.45, 7) is 1.53. The molecule has 0 bridgehead atoms. The van der Waals surface area contributed by atoms with Crippen molar-refractivity contribution in [2.45, 2.75) is 6.92 Å². The molecule has 2 rings (SSSR count). The monoisotopic (exact) mass is 396 g/mol. The van der Waals surface area contributed by atoms with E-state index in [1.165, 1.54) is 19.1 Å². The van der Waals surface area contributed by atoms with E-state index in [0.717, 1.165) is 12.2 Å². The summed E-state index contributed by atoms with van der Waals surface area (Å²) >= 11 is 0. The van der Waals surface area contributed by atoms with Crippen molar-refractivity contribution in [3.63, 3.8) is 0 Å². The average Bonchev–Trinajstić information content (AvgIpc) is 3.23. The molecule has 0 unspecified atom stereocenters. The number of carbonyl (C=O) groups is 4. The smallest absolute Gasteiger partial charge is 0.327 e. The van der Waals surface area contributed by atoms with Gasteiger partial charge in [0.1, 0.15) is 11.6 Å². The normalized spacial score (nSPS) is 10.0. The summed E-state index contributed by atoms with van der Waals surface area (Å²) in [5.41, 5.74) is 0.786. The van der Waals surface area contributed by atoms with Crippen molar-refractivity contribution < 1.29 is 46.5 Å². The second kappa shape index (κ2) is 11.5. The van der Waals surface area contributed by atoms with Crippen LogP contribution in [0.3, 0.4) is 0 Å². The fourth-order valence-electron chi connectivity index (χ4n) is 1.89. The molecule has 0 radical (unpaired) electrons. The van der Waals surface area contributed by atoms with Crippen LogP contribution in [0.15, 0.2) is 66.8 Å². The Morgan fingerprint density at radius 3 is 1.35 bits per heavy atom. The number of carbonyl (C=O) groups excluding carboxylic acids is 2. The first-order chi connectivity index (χ1) is 11.8. The number of carboxylic acid groups (broad SMARTS) is 2. The topological polar surface area (TPSA) is 109 Å². The zero-order chi connectivity index (χ0) is 18.8. The van der Waals surface area contributed by atoms with Crippen LogP contribution >= 0.6 is 0 Å². The van der Waals surface area contributed by atoms with Crippen LogP contribution in [-0.2, 0) is 26.7 Å². The predicted molar refractivity (Wildman–Crippen MR) is 91.0 cm³/mol. The van der Waals surface area contributed by atoms with Crippen LogP contribution in [0.2, 0.25) is 0 Å². The molecule has 0 aliphatic heterocycles. The molecular formula is C19H16FeO6-6. The van der Waals surface area contributed by atoms with Gasteiger partial charge in [0, 0.05) is 29.2 Å². The van der Waals surface area contributed by atoms with Crippen molar-refractivity contribution in [3.8, 4) is 0 Å². The van der Waals surface area contributed by atoms with Gasteiger partial charge in [-0.2, -0.15) is 0 Å². The second-order valence-corrected chi connectivity index (χ2v) is 4.82. The molecule has 0 spiro atoms. The summed E-state index contributed by atoms with van der Waals surface area (Å²) in [4.78, 5) is 44.0. The second-order valence-electron chi connectivity index (χ2n) is 4.82. The standard InChI is InChI=1S/C14H11O6.C5H5.Fe/c1-8-9(11(15)4-6-13(17)18)2-3-10(8)12(16)5-7-14(19)20;1-2-4-5-3-1;/h2-7H,1H3,(H,17,18)(H,19,20);1-5H;/q-1;-5;. The largest absolute Gasteiger partial charge is 0.748 e. The maximum Gasteiger partial charge on any atom is 0.327 e. The summed E-state index contributed by atoms with van der Waals surface area (Å²) in [6.07, 6.45) is 3.21. The Bertz CT molecular complexity index is 738. The third-order valence-electron chi connectivity index (χ3n) is 3.07. The summed E-state index contributed by atoms with van der Waals surface area (Å²) in [6, 6.07) is 12.8. The molecule has 0 heterocycles. The quantitative estimate of drug-likeness (QED) is 0.337. The van der Waals surface area contributed by atoms with Crippen molar-refractivity contribution in [2.24, 2.45) is 0 Å². The fraction of sp³-hybridized carbons (Fsp3) is 0.0526. The summed E-state index contributed by atoms with van der Waals surface area (Å²) in [5, 5.41) is 16.9. The molecule has 7 heteroatoms. The van der Waals surface area contributed by atoms with Gasteiger partial charge in [-0.25, -0.2) is 9.59 Å². The fourth-order valence-corrected chi connectivity index (χ4v) is 1.89. The van der Waals surface area contributed by atoms with Gasteiger partial charge in [-0.05, 0) is 12.2 Å². The maximum atomic E-state index is 11.7. The minimum Gasteiger partial charge on any atom is -0.748 e. The number of hydrogen-bond acceptors (Lipinski definition) is 4. The van der Waals surface area contributed by atoms with Crippen LogP contribution in [0.5, 0.6) is 0 Å². The molecule has 0 fully saturated rings. The minimum absolute atomic E-state index is 0. The average molecular weight is 396 g/mol. The molecule has 2 N–H and O–H groups in total. The Balaban J connectivity index is 0.000000893. The molecule has 0 saturated carbocycles. The first-order valence-corrected chi connectivity index (χ1v) is 7.16. The van der Waals surface area contributed by atoms with Gasteiger partial charge in [0.15, 0.2) is 0 Å². The molecule has 0 atom stereocenters. The Hall–Kier alpha value is -3.02. The summed E-state index contributed by atoms with van der Waals surface area (Å²) in [5.74, 6) is -3.57. The molecule has 0 amide bonds. The number of aliphatic carboxylic acids is 2. The van der Waals surface area contributed by atoms with E-state index in [2.05, 4.69) is 0 Å². The van der Waals surface area contributed by atoms with Crippen LogP contribution in [0, 0.1) is 6.92 Å². The molecule has 0 aliphatic carbocycles. The molecule has 142 valence electrons. The number of allylic oxidation sites excluding steroid dienone is 2. The van der Waals surface area contributed by atoms with Crippen molar-refractivity contribution in [2.75, 3.05) is 0 Å². The van der Waals surface area contributed by atoms with Crippen molar-refractivity contribution >= 4 is 23.5 Å². The van der Waals surface area contributed by atoms with Gasteiger partial charge in [0.25, 0.3) is 0 Å². The first kappa shape index (κ1) is 23.0. The SMILES string of the molecule is C[c-]1c(C(=O)C=CC(=O)O)ccc1C(=O)C=CC(=O)O.[Fe].[cH-]1[cH-][cH-][cH-][cH-]1. The Kier molecular flexibility index (Phi) is 10.2. The molecule has 26 heavy (non-hydrogen) atoms. The third kappa shape index (κ3) is 7.70. The molecule has 0 aromatic heterocycles. The van der Waals surface area contributed by atoms with Crippen LogP contribution in [0.1, 0.15) is 26.3 Å². The van der Waals surface area contributed by atoms with Gasteiger partial charge < -0.3 is 50.1 Å². The van der Waals surface area contributed by atoms with E-state index in [-0.39, 0.29) is 28.2 Å². The molecule has 0 aliphatic rings. The number of ketones is 2. The summed E-state index contributed by atoms with van der Waals surface area (Å²) < 4.78 is 0. The first-order valence-electron chi connectivity index (χ1n) is 7.16. The Labute approximate surface area is 160 Å². The maximum absolute atomic E-state index is 11.7. The van der Waals surface area contributed by atoms with Crippen molar-refractivity contribution in [1.29, 1.82) is 0 Å². The van der Waals surface area contributed by atoms with E-state index in [1.807, 2.05) is 30.3 Å². The van der Waals surface area contributed by atoms with Gasteiger partial charge in [-0.3, -0.25) is 0 Å². The number of carboxylic acids is 2. The van der Waals surface area contributed by atoms with Crippen LogP contribution in [0.25, 0.3) is 0 Å². The van der Waals surface area contributed by atoms with E-state index in [9.17, 15) is 19.2 Å². The van der Waals surface area contributed by atoms with Gasteiger partial charge in [-0.1, -0.05) is 18.1 Å². The third-order valence-corrected chi connectivity index (χ3v) is 3.07. The minimum atomic E-state index is -1.25. The van der Waals surface area contributed by atoms with Gasteiger partial charge in [0.05, 0.1) is 0 Å². The van der Waals surface area contributed by atoms with Gasteiger partial charge >= 0.3 is 11.9 Å². The van der Waals surface area contributed by atoms with E-state index in [1.54, 1.807) is 0 Å². The van der Waals surface area contributed by atoms with Crippen LogP contribution in [-0.4, -0.2) is 33.7 Å². The van der Waals surface area contributed by atoms with Crippen LogP contribution in [0.4, 0.5) is 0 Å². The molecule has 2 aromatic carbocycles. The predicted octanol–water partition coefficient (Wildman–Crippen LogP) is 2.76. The van der Waals surface area contributed by atoms with E-state index < -0.39 is 23.5 Å². The molecular weight excluding hydrogens is 380 g/mol. The number of hydrogen-bond donors (Lipinski definition) is 2. The Morgan fingerprint density at radius 2 is 1.08 bits per heavy atom. The van der Waals surface area contributed by atoms with Crippen LogP contribution < -0.4 is 0 Å². The molecule has 0 saturated heterocycles. The van der Waals surface area contributed by atoms with E-state index >= 15 is 0 Å². The summed E-state index contributed by atoms with van der Waals surface area (Å²) in [7, 11) is 0. The van der Waals surface area contributed by atoms with E-state index in [4.69, 9.17) is 10.2 Å². The zero-order valence-electron chi connectivity index (χ0n) is 13.7. The Morgan fingerprint density at radius 1 is 0.769 bits per heavy atom. The van der Waals surface area contributed by atoms with Crippen molar-refractivity contribution in [1.82, 2.24) is 0 Å². The van der Waals surface area contributed by atoms with Crippen molar-refractivity contribution in [3.05, 3.63) is 83.5 Å². The molecule has 2 aromatic rings. The number of rotatable bonds is 6. The zero-order valence-corrected chi connectivity index (χ0v) is 14.8.